The Balaban J connectivity index is 1.30. The number of hydrogen-bond acceptors (Lipinski definition) is 6. The molecule has 1 saturated heterocycles. The van der Waals surface area contributed by atoms with E-state index in [1.807, 2.05) is 56.4 Å². The number of aromatic nitrogens is 1. The van der Waals surface area contributed by atoms with E-state index < -0.39 is 0 Å². The Bertz CT molecular complexity index is 1480. The van der Waals surface area contributed by atoms with Crippen molar-refractivity contribution in [3.63, 3.8) is 0 Å². The van der Waals surface area contributed by atoms with Crippen LogP contribution in [0.1, 0.15) is 85.6 Å². The molecule has 1 fully saturated rings. The standard InChI is InChI=1S/C37H43N3O4/c1-4-9-29(33-11-6-7-22-39-33)21-23-38-24-27-14-16-28(17-15-27)25-44-34-12-8-10-32(31(34)5-2)36(42)26(3)13-18-30-19-20-35(41)40-37(30)43/h6-12,14-17,21-23,26,30,38H,4-5,13,18-20,24-25H2,1-3H3,(H,40,41,43)/b23-21-,29-9+. The fourth-order valence-corrected chi connectivity index (χ4v) is 5.41. The molecule has 7 nitrogen and oxygen atoms in total. The molecule has 1 aliphatic heterocycles. The lowest BCUT2D eigenvalue weighted by Crippen LogP contribution is -2.40. The van der Waals surface area contributed by atoms with Crippen LogP contribution in [0, 0.1) is 11.8 Å². The first-order valence-corrected chi connectivity index (χ1v) is 15.6. The maximum Gasteiger partial charge on any atom is 0.229 e. The molecular formula is C37H43N3O4. The molecular weight excluding hydrogens is 550 g/mol. The van der Waals surface area contributed by atoms with Crippen LogP contribution in [-0.4, -0.2) is 22.6 Å². The zero-order valence-corrected chi connectivity index (χ0v) is 26.0. The highest BCUT2D eigenvalue weighted by Gasteiger charge is 2.28. The summed E-state index contributed by atoms with van der Waals surface area (Å²) < 4.78 is 6.22. The highest BCUT2D eigenvalue weighted by atomic mass is 16.5. The van der Waals surface area contributed by atoms with Gasteiger partial charge >= 0.3 is 0 Å². The SMILES string of the molecule is CC/C=C(\C=C/NCc1ccc(COc2cccc(C(=O)C(C)CCC3CCC(=O)NC3=O)c2CC)cc1)c1ccccn1. The summed E-state index contributed by atoms with van der Waals surface area (Å²) >= 11 is 0. The molecule has 2 aromatic carbocycles. The first-order valence-electron chi connectivity index (χ1n) is 15.6. The molecule has 7 heteroatoms. The summed E-state index contributed by atoms with van der Waals surface area (Å²) in [6.07, 6.45) is 11.7. The van der Waals surface area contributed by atoms with Crippen molar-refractivity contribution in [1.29, 1.82) is 0 Å². The minimum absolute atomic E-state index is 0.0582. The van der Waals surface area contributed by atoms with Crippen LogP contribution < -0.4 is 15.4 Å². The van der Waals surface area contributed by atoms with Gasteiger partial charge in [0.2, 0.25) is 11.8 Å². The van der Waals surface area contributed by atoms with E-state index in [2.05, 4.69) is 59.0 Å². The third-order valence-corrected chi connectivity index (χ3v) is 7.99. The van der Waals surface area contributed by atoms with E-state index in [0.717, 1.165) is 40.1 Å². The van der Waals surface area contributed by atoms with Crippen LogP contribution in [0.3, 0.4) is 0 Å². The third-order valence-electron chi connectivity index (χ3n) is 7.99. The number of allylic oxidation sites excluding steroid dienone is 3. The van der Waals surface area contributed by atoms with Gasteiger partial charge in [-0.05, 0) is 79.3 Å². The van der Waals surface area contributed by atoms with Crippen LogP contribution in [0.2, 0.25) is 0 Å². The molecule has 230 valence electrons. The van der Waals surface area contributed by atoms with Gasteiger partial charge in [0, 0.05) is 42.1 Å². The lowest BCUT2D eigenvalue weighted by molar-refractivity contribution is -0.136. The van der Waals surface area contributed by atoms with Gasteiger partial charge in [-0.2, -0.15) is 0 Å². The first kappa shape index (κ1) is 32.4. The van der Waals surface area contributed by atoms with Gasteiger partial charge in [-0.1, -0.05) is 69.3 Å². The molecule has 2 heterocycles. The molecule has 44 heavy (non-hydrogen) atoms. The monoisotopic (exact) mass is 593 g/mol. The van der Waals surface area contributed by atoms with E-state index in [9.17, 15) is 14.4 Å². The van der Waals surface area contributed by atoms with Gasteiger partial charge in [0.1, 0.15) is 12.4 Å². The highest BCUT2D eigenvalue weighted by molar-refractivity contribution is 6.00. The van der Waals surface area contributed by atoms with Crippen molar-refractivity contribution in [3.8, 4) is 5.75 Å². The maximum atomic E-state index is 13.4. The second-order valence-electron chi connectivity index (χ2n) is 11.2. The molecule has 2 N–H and O–H groups in total. The maximum absolute atomic E-state index is 13.4. The fraction of sp³-hybridized carbons (Fsp3) is 0.351. The summed E-state index contributed by atoms with van der Waals surface area (Å²) in [5, 5.41) is 5.77. The van der Waals surface area contributed by atoms with Crippen molar-refractivity contribution in [3.05, 3.63) is 113 Å². The highest BCUT2D eigenvalue weighted by Crippen LogP contribution is 2.29. The van der Waals surface area contributed by atoms with E-state index >= 15 is 0 Å². The average molecular weight is 594 g/mol. The van der Waals surface area contributed by atoms with Crippen LogP contribution in [0.4, 0.5) is 0 Å². The Morgan fingerprint density at radius 3 is 2.57 bits per heavy atom. The molecule has 1 aliphatic rings. The zero-order valence-electron chi connectivity index (χ0n) is 26.0. The zero-order chi connectivity index (χ0) is 31.3. The number of benzene rings is 2. The van der Waals surface area contributed by atoms with Crippen LogP contribution >= 0.6 is 0 Å². The molecule has 0 spiro atoms. The predicted molar refractivity (Wildman–Crippen MR) is 174 cm³/mol. The Labute approximate surface area is 260 Å². The number of ether oxygens (including phenoxy) is 1. The minimum Gasteiger partial charge on any atom is -0.489 e. The van der Waals surface area contributed by atoms with Crippen molar-refractivity contribution in [1.82, 2.24) is 15.6 Å². The molecule has 3 aromatic rings. The van der Waals surface area contributed by atoms with Crippen LogP contribution in [0.5, 0.6) is 5.75 Å². The number of carbonyl (C=O) groups excluding carboxylic acids is 3. The number of rotatable bonds is 15. The Morgan fingerprint density at radius 2 is 1.86 bits per heavy atom. The number of nitrogens with zero attached hydrogens (tertiary/aromatic N) is 1. The quantitative estimate of drug-likeness (QED) is 0.112. The molecule has 0 saturated carbocycles. The van der Waals surface area contributed by atoms with E-state index in [4.69, 9.17) is 4.74 Å². The van der Waals surface area contributed by atoms with Gasteiger partial charge in [-0.3, -0.25) is 24.7 Å². The van der Waals surface area contributed by atoms with Gasteiger partial charge < -0.3 is 10.1 Å². The number of Topliss-reactive ketones (excluding diaryl/α,β-unsaturated/α-hetero) is 1. The minimum atomic E-state index is -0.235. The van der Waals surface area contributed by atoms with Gasteiger partial charge in [-0.15, -0.1) is 0 Å². The number of nitrogens with one attached hydrogen (secondary N) is 2. The van der Waals surface area contributed by atoms with Gasteiger partial charge in [0.05, 0.1) is 5.69 Å². The van der Waals surface area contributed by atoms with Crippen LogP contribution in [-0.2, 0) is 29.2 Å². The number of carbonyl (C=O) groups is 3. The van der Waals surface area contributed by atoms with Crippen molar-refractivity contribution >= 4 is 23.2 Å². The fourth-order valence-electron chi connectivity index (χ4n) is 5.41. The number of imide groups is 1. The molecule has 0 bridgehead atoms. The molecule has 1 aromatic heterocycles. The van der Waals surface area contributed by atoms with E-state index in [1.54, 1.807) is 6.20 Å². The van der Waals surface area contributed by atoms with E-state index in [1.165, 1.54) is 0 Å². The molecule has 0 radical (unpaired) electrons. The summed E-state index contributed by atoms with van der Waals surface area (Å²) in [4.78, 5) is 41.4. The van der Waals surface area contributed by atoms with Gasteiger partial charge in [0.15, 0.2) is 5.78 Å². The normalized spacial score (nSPS) is 16.1. The van der Waals surface area contributed by atoms with Crippen molar-refractivity contribution in [2.75, 3.05) is 0 Å². The average Bonchev–Trinajstić information content (AvgIpc) is 3.05. The van der Waals surface area contributed by atoms with Gasteiger partial charge in [-0.25, -0.2) is 0 Å². The van der Waals surface area contributed by atoms with Crippen molar-refractivity contribution in [2.45, 2.75) is 72.4 Å². The van der Waals surface area contributed by atoms with Crippen LogP contribution in [0.15, 0.2) is 85.2 Å². The van der Waals surface area contributed by atoms with Crippen molar-refractivity contribution in [2.24, 2.45) is 11.8 Å². The number of ketones is 1. The molecule has 2 atom stereocenters. The summed E-state index contributed by atoms with van der Waals surface area (Å²) in [5.74, 6) is -0.108. The summed E-state index contributed by atoms with van der Waals surface area (Å²) in [6, 6.07) is 19.9. The molecule has 2 amide bonds. The Hall–Kier alpha value is -4.52. The Morgan fingerprint density at radius 1 is 1.07 bits per heavy atom. The van der Waals surface area contributed by atoms with Gasteiger partial charge in [0.25, 0.3) is 0 Å². The number of piperidine rings is 1. The summed E-state index contributed by atoms with van der Waals surface area (Å²) in [7, 11) is 0. The second-order valence-corrected chi connectivity index (χ2v) is 11.2. The lowest BCUT2D eigenvalue weighted by atomic mass is 9.86. The third kappa shape index (κ3) is 8.99. The number of amides is 2. The number of pyridine rings is 1. The summed E-state index contributed by atoms with van der Waals surface area (Å²) in [6.45, 7) is 7.16. The smallest absolute Gasteiger partial charge is 0.229 e. The topological polar surface area (TPSA) is 97.4 Å². The predicted octanol–water partition coefficient (Wildman–Crippen LogP) is 6.97. The van der Waals surface area contributed by atoms with Crippen LogP contribution in [0.25, 0.3) is 5.57 Å². The first-order chi connectivity index (χ1) is 21.4. The Kier molecular flexibility index (Phi) is 12.0. The second kappa shape index (κ2) is 16.4. The van der Waals surface area contributed by atoms with E-state index in [0.29, 0.717) is 50.8 Å². The van der Waals surface area contributed by atoms with E-state index in [-0.39, 0.29) is 29.4 Å². The molecule has 0 aliphatic carbocycles. The number of hydrogen-bond donors (Lipinski definition) is 2. The summed E-state index contributed by atoms with van der Waals surface area (Å²) in [5.41, 5.74) is 5.83. The molecule has 2 unspecified atom stereocenters. The van der Waals surface area contributed by atoms with Crippen molar-refractivity contribution < 1.29 is 19.1 Å². The largest absolute Gasteiger partial charge is 0.489 e. The molecule has 4 rings (SSSR count). The lowest BCUT2D eigenvalue weighted by Gasteiger charge is -2.22.